The molecule has 1 aromatic heterocycles. The predicted molar refractivity (Wildman–Crippen MR) is 86.3 cm³/mol. The molecule has 1 aliphatic heterocycles. The van der Waals surface area contributed by atoms with Crippen LogP contribution in [0.4, 0.5) is 5.13 Å². The molecule has 0 saturated carbocycles. The Balaban J connectivity index is 1.71. The lowest BCUT2D eigenvalue weighted by atomic mass is 9.91. The van der Waals surface area contributed by atoms with E-state index in [1.54, 1.807) is 11.3 Å². The smallest absolute Gasteiger partial charge is 0.308 e. The van der Waals surface area contributed by atoms with Gasteiger partial charge in [-0.05, 0) is 17.9 Å². The highest BCUT2D eigenvalue weighted by Gasteiger charge is 2.31. The Morgan fingerprint density at radius 1 is 1.32 bits per heavy atom. The molecule has 1 N–H and O–H groups in total. The number of aromatic nitrogens is 2. The van der Waals surface area contributed by atoms with Crippen LogP contribution in [0.3, 0.4) is 0 Å². The molecule has 0 bridgehead atoms. The first-order chi connectivity index (χ1) is 10.6. The first-order valence-electron chi connectivity index (χ1n) is 7.46. The third kappa shape index (κ3) is 3.44. The van der Waals surface area contributed by atoms with Gasteiger partial charge < -0.3 is 10.0 Å². The summed E-state index contributed by atoms with van der Waals surface area (Å²) >= 11 is 1.56. The van der Waals surface area contributed by atoms with Crippen molar-refractivity contribution in [3.8, 4) is 0 Å². The lowest BCUT2D eigenvalue weighted by Crippen LogP contribution is -2.42. The molecular formula is C16H19N3O2S. The molecule has 0 aliphatic carbocycles. The number of anilines is 1. The fraction of sp³-hybridized carbons (Fsp3) is 0.438. The monoisotopic (exact) mass is 317 g/mol. The summed E-state index contributed by atoms with van der Waals surface area (Å²) in [6, 6.07) is 10.2. The van der Waals surface area contributed by atoms with Crippen molar-refractivity contribution in [3.05, 3.63) is 40.9 Å². The highest BCUT2D eigenvalue weighted by molar-refractivity contribution is 7.15. The van der Waals surface area contributed by atoms with Crippen LogP contribution in [0.1, 0.15) is 23.9 Å². The van der Waals surface area contributed by atoms with E-state index in [9.17, 15) is 9.90 Å². The minimum atomic E-state index is -0.717. The van der Waals surface area contributed by atoms with Crippen LogP contribution >= 0.6 is 11.3 Å². The topological polar surface area (TPSA) is 66.3 Å². The van der Waals surface area contributed by atoms with Crippen LogP contribution in [0.25, 0.3) is 0 Å². The fourth-order valence-corrected chi connectivity index (χ4v) is 3.79. The highest BCUT2D eigenvalue weighted by atomic mass is 32.1. The molecule has 3 rings (SSSR count). The Hall–Kier alpha value is -1.95. The third-order valence-electron chi connectivity index (χ3n) is 3.93. The summed E-state index contributed by atoms with van der Waals surface area (Å²) in [5.74, 6) is -0.674. The van der Waals surface area contributed by atoms with Gasteiger partial charge in [-0.2, -0.15) is 0 Å². The van der Waals surface area contributed by atoms with Gasteiger partial charge in [0, 0.05) is 19.5 Å². The number of rotatable bonds is 4. The number of hydrogen-bond acceptors (Lipinski definition) is 5. The Bertz CT molecular complexity index is 644. The molecule has 1 fully saturated rings. The maximum Gasteiger partial charge on any atom is 0.308 e. The average Bonchev–Trinajstić information content (AvgIpc) is 2.96. The molecule has 6 heteroatoms. The van der Waals surface area contributed by atoms with Gasteiger partial charge in [-0.1, -0.05) is 48.6 Å². The average molecular weight is 317 g/mol. The first-order valence-corrected chi connectivity index (χ1v) is 8.27. The maximum atomic E-state index is 11.3. The summed E-state index contributed by atoms with van der Waals surface area (Å²) in [4.78, 5) is 13.3. The van der Waals surface area contributed by atoms with E-state index in [1.165, 1.54) is 5.56 Å². The number of carboxylic acids is 1. The fourth-order valence-electron chi connectivity index (χ4n) is 2.90. The SMILES string of the molecule is CC1CC(C(=O)O)CN(c2nnc(Cc3ccccc3)s2)C1. The van der Waals surface area contributed by atoms with E-state index in [0.29, 0.717) is 12.5 Å². The second-order valence-corrected chi connectivity index (χ2v) is 6.96. The van der Waals surface area contributed by atoms with Crippen molar-refractivity contribution in [1.29, 1.82) is 0 Å². The van der Waals surface area contributed by atoms with Crippen LogP contribution in [-0.4, -0.2) is 34.4 Å². The summed E-state index contributed by atoms with van der Waals surface area (Å²) in [6.45, 7) is 3.47. The van der Waals surface area contributed by atoms with E-state index in [4.69, 9.17) is 0 Å². The molecule has 1 saturated heterocycles. The predicted octanol–water partition coefficient (Wildman–Crippen LogP) is 2.68. The molecule has 1 aliphatic rings. The van der Waals surface area contributed by atoms with Crippen molar-refractivity contribution in [2.24, 2.45) is 11.8 Å². The van der Waals surface area contributed by atoms with Crippen molar-refractivity contribution < 1.29 is 9.90 Å². The highest BCUT2D eigenvalue weighted by Crippen LogP contribution is 2.29. The minimum Gasteiger partial charge on any atom is -0.481 e. The summed E-state index contributed by atoms with van der Waals surface area (Å²) in [5.41, 5.74) is 1.21. The number of piperidine rings is 1. The molecule has 0 radical (unpaired) electrons. The van der Waals surface area contributed by atoms with Gasteiger partial charge in [0.05, 0.1) is 5.92 Å². The van der Waals surface area contributed by atoms with E-state index in [-0.39, 0.29) is 5.92 Å². The summed E-state index contributed by atoms with van der Waals surface area (Å²) < 4.78 is 0. The number of aliphatic carboxylic acids is 1. The van der Waals surface area contributed by atoms with Gasteiger partial charge in [0.15, 0.2) is 0 Å². The van der Waals surface area contributed by atoms with Gasteiger partial charge in [-0.15, -0.1) is 10.2 Å². The quantitative estimate of drug-likeness (QED) is 0.939. The van der Waals surface area contributed by atoms with Gasteiger partial charge >= 0.3 is 5.97 Å². The summed E-state index contributed by atoms with van der Waals surface area (Å²) in [6.07, 6.45) is 1.51. The van der Waals surface area contributed by atoms with Gasteiger partial charge in [-0.25, -0.2) is 0 Å². The van der Waals surface area contributed by atoms with E-state index >= 15 is 0 Å². The van der Waals surface area contributed by atoms with Crippen molar-refractivity contribution in [2.45, 2.75) is 19.8 Å². The molecule has 2 heterocycles. The summed E-state index contributed by atoms with van der Waals surface area (Å²) in [5, 5.41) is 19.6. The normalized spacial score (nSPS) is 21.8. The van der Waals surface area contributed by atoms with Gasteiger partial charge in [0.25, 0.3) is 0 Å². The van der Waals surface area contributed by atoms with Crippen LogP contribution in [0, 0.1) is 11.8 Å². The zero-order chi connectivity index (χ0) is 15.5. The molecule has 2 unspecified atom stereocenters. The molecule has 2 atom stereocenters. The molecule has 5 nitrogen and oxygen atoms in total. The van der Waals surface area contributed by atoms with E-state index < -0.39 is 5.97 Å². The number of hydrogen-bond donors (Lipinski definition) is 1. The molecule has 0 spiro atoms. The van der Waals surface area contributed by atoms with Gasteiger partial charge in [0.2, 0.25) is 5.13 Å². The van der Waals surface area contributed by atoms with Crippen LogP contribution in [0.2, 0.25) is 0 Å². The maximum absolute atomic E-state index is 11.3. The Kier molecular flexibility index (Phi) is 4.38. The Morgan fingerprint density at radius 3 is 2.82 bits per heavy atom. The van der Waals surface area contributed by atoms with Crippen molar-refractivity contribution >= 4 is 22.4 Å². The molecule has 22 heavy (non-hydrogen) atoms. The van der Waals surface area contributed by atoms with Crippen molar-refractivity contribution in [1.82, 2.24) is 10.2 Å². The van der Waals surface area contributed by atoms with E-state index in [1.807, 2.05) is 18.2 Å². The van der Waals surface area contributed by atoms with Crippen molar-refractivity contribution in [2.75, 3.05) is 18.0 Å². The largest absolute Gasteiger partial charge is 0.481 e. The van der Waals surface area contributed by atoms with E-state index in [2.05, 4.69) is 34.2 Å². The zero-order valence-electron chi connectivity index (χ0n) is 12.5. The zero-order valence-corrected chi connectivity index (χ0v) is 13.3. The minimum absolute atomic E-state index is 0.315. The van der Waals surface area contributed by atoms with Crippen LogP contribution < -0.4 is 4.90 Å². The second-order valence-electron chi connectivity index (χ2n) is 5.92. The Morgan fingerprint density at radius 2 is 2.09 bits per heavy atom. The lowest BCUT2D eigenvalue weighted by molar-refractivity contribution is -0.142. The first kappa shape index (κ1) is 15.0. The molecule has 0 amide bonds. The van der Waals surface area contributed by atoms with Gasteiger partial charge in [-0.3, -0.25) is 4.79 Å². The molecule has 1 aromatic carbocycles. The number of benzene rings is 1. The standard InChI is InChI=1S/C16H19N3O2S/c1-11-7-13(15(20)21)10-19(9-11)16-18-17-14(22-16)8-12-5-3-2-4-6-12/h2-6,11,13H,7-10H2,1H3,(H,20,21). The number of carbonyl (C=O) groups is 1. The number of carboxylic acid groups (broad SMARTS) is 1. The number of nitrogens with zero attached hydrogens (tertiary/aromatic N) is 3. The molecule has 2 aromatic rings. The lowest BCUT2D eigenvalue weighted by Gasteiger charge is -2.34. The van der Waals surface area contributed by atoms with Crippen LogP contribution in [-0.2, 0) is 11.2 Å². The van der Waals surface area contributed by atoms with E-state index in [0.717, 1.165) is 29.5 Å². The second kappa shape index (κ2) is 6.44. The van der Waals surface area contributed by atoms with Crippen molar-refractivity contribution in [3.63, 3.8) is 0 Å². The Labute approximate surface area is 133 Å². The third-order valence-corrected chi connectivity index (χ3v) is 4.92. The molecule has 116 valence electrons. The van der Waals surface area contributed by atoms with Crippen LogP contribution in [0.5, 0.6) is 0 Å². The van der Waals surface area contributed by atoms with Crippen LogP contribution in [0.15, 0.2) is 30.3 Å². The molecular weight excluding hydrogens is 298 g/mol. The summed E-state index contributed by atoms with van der Waals surface area (Å²) in [7, 11) is 0. The van der Waals surface area contributed by atoms with Gasteiger partial charge in [0.1, 0.15) is 5.01 Å².